The van der Waals surface area contributed by atoms with E-state index in [2.05, 4.69) is 24.1 Å². The first-order chi connectivity index (χ1) is 5.75. The molecule has 0 aliphatic carbocycles. The molecule has 0 amide bonds. The molecule has 0 bridgehead atoms. The second-order valence-electron chi connectivity index (χ2n) is 3.69. The third-order valence-corrected chi connectivity index (χ3v) is 2.84. The van der Waals surface area contributed by atoms with Crippen LogP contribution in [0, 0.1) is 5.92 Å². The highest BCUT2D eigenvalue weighted by Crippen LogP contribution is 2.10. The molecule has 0 spiro atoms. The molecule has 1 aliphatic heterocycles. The van der Waals surface area contributed by atoms with Gasteiger partial charge in [0.2, 0.25) is 0 Å². The molecule has 3 nitrogen and oxygen atoms in total. The summed E-state index contributed by atoms with van der Waals surface area (Å²) >= 11 is 0. The summed E-state index contributed by atoms with van der Waals surface area (Å²) in [5.41, 5.74) is 0. The Balaban J connectivity index is 2.33. The highest BCUT2D eigenvalue weighted by atomic mass is 16.3. The second kappa shape index (κ2) is 4.80. The summed E-state index contributed by atoms with van der Waals surface area (Å²) in [6, 6.07) is 0.511. The summed E-state index contributed by atoms with van der Waals surface area (Å²) in [6.45, 7) is 9.01. The first-order valence-electron chi connectivity index (χ1n) is 4.81. The molecule has 2 unspecified atom stereocenters. The van der Waals surface area contributed by atoms with E-state index in [1.807, 2.05) is 0 Å². The van der Waals surface area contributed by atoms with Crippen LogP contribution in [0.4, 0.5) is 0 Å². The number of rotatable bonds is 3. The fraction of sp³-hybridized carbons (Fsp3) is 1.00. The van der Waals surface area contributed by atoms with Crippen molar-refractivity contribution in [2.75, 3.05) is 32.8 Å². The quantitative estimate of drug-likeness (QED) is 0.624. The Morgan fingerprint density at radius 1 is 1.33 bits per heavy atom. The molecular weight excluding hydrogens is 152 g/mol. The molecule has 3 heteroatoms. The van der Waals surface area contributed by atoms with Gasteiger partial charge in [-0.3, -0.25) is 4.90 Å². The van der Waals surface area contributed by atoms with E-state index in [4.69, 9.17) is 5.11 Å². The van der Waals surface area contributed by atoms with Crippen molar-refractivity contribution in [1.82, 2.24) is 10.2 Å². The first kappa shape index (κ1) is 9.96. The Bertz CT molecular complexity index is 124. The summed E-state index contributed by atoms with van der Waals surface area (Å²) < 4.78 is 0. The maximum atomic E-state index is 8.99. The van der Waals surface area contributed by atoms with Crippen molar-refractivity contribution in [3.63, 3.8) is 0 Å². The molecule has 2 N–H and O–H groups in total. The zero-order valence-electron chi connectivity index (χ0n) is 8.08. The average molecular weight is 172 g/mol. The smallest absolute Gasteiger partial charge is 0.0471 e. The van der Waals surface area contributed by atoms with Crippen LogP contribution in [0.5, 0.6) is 0 Å². The molecule has 1 rings (SSSR count). The fourth-order valence-electron chi connectivity index (χ4n) is 1.60. The van der Waals surface area contributed by atoms with Gasteiger partial charge in [-0.15, -0.1) is 0 Å². The molecule has 12 heavy (non-hydrogen) atoms. The largest absolute Gasteiger partial charge is 0.396 e. The Hall–Kier alpha value is -0.120. The van der Waals surface area contributed by atoms with Gasteiger partial charge in [0.25, 0.3) is 0 Å². The number of aliphatic hydroxyl groups is 1. The van der Waals surface area contributed by atoms with E-state index in [-0.39, 0.29) is 0 Å². The summed E-state index contributed by atoms with van der Waals surface area (Å²) in [5.74, 6) is 0.392. The topological polar surface area (TPSA) is 35.5 Å². The standard InChI is InChI=1S/C9H20N2O/c1-8(7-12)9(2)11-5-3-10-4-6-11/h8-10,12H,3-7H2,1-2H3. The molecule has 1 fully saturated rings. The van der Waals surface area contributed by atoms with Crippen molar-refractivity contribution >= 4 is 0 Å². The third kappa shape index (κ3) is 2.44. The summed E-state index contributed by atoms with van der Waals surface area (Å²) in [5, 5.41) is 12.3. The molecule has 0 radical (unpaired) electrons. The van der Waals surface area contributed by atoms with Crippen molar-refractivity contribution in [2.24, 2.45) is 5.92 Å². The van der Waals surface area contributed by atoms with Gasteiger partial charge >= 0.3 is 0 Å². The van der Waals surface area contributed by atoms with Gasteiger partial charge in [0.15, 0.2) is 0 Å². The van der Waals surface area contributed by atoms with Crippen molar-refractivity contribution in [1.29, 1.82) is 0 Å². The Labute approximate surface area is 74.8 Å². The lowest BCUT2D eigenvalue weighted by molar-refractivity contribution is 0.106. The van der Waals surface area contributed by atoms with Crippen LogP contribution in [0.25, 0.3) is 0 Å². The summed E-state index contributed by atoms with van der Waals surface area (Å²) in [4.78, 5) is 2.44. The molecule has 1 heterocycles. The SMILES string of the molecule is CC(CO)C(C)N1CCNCC1. The number of nitrogens with zero attached hydrogens (tertiary/aromatic N) is 1. The molecule has 72 valence electrons. The van der Waals surface area contributed by atoms with Crippen molar-refractivity contribution in [3.8, 4) is 0 Å². The van der Waals surface area contributed by atoms with Crippen LogP contribution in [-0.2, 0) is 0 Å². The van der Waals surface area contributed by atoms with Crippen LogP contribution in [0.2, 0.25) is 0 Å². The van der Waals surface area contributed by atoms with Gasteiger partial charge in [0, 0.05) is 38.8 Å². The molecule has 0 saturated carbocycles. The van der Waals surface area contributed by atoms with E-state index < -0.39 is 0 Å². The van der Waals surface area contributed by atoms with E-state index in [1.165, 1.54) is 0 Å². The van der Waals surface area contributed by atoms with Crippen molar-refractivity contribution < 1.29 is 5.11 Å². The van der Waals surface area contributed by atoms with E-state index >= 15 is 0 Å². The van der Waals surface area contributed by atoms with Gasteiger partial charge in [-0.25, -0.2) is 0 Å². The highest BCUT2D eigenvalue weighted by molar-refractivity contribution is 4.76. The van der Waals surface area contributed by atoms with E-state index in [1.54, 1.807) is 0 Å². The van der Waals surface area contributed by atoms with Crippen molar-refractivity contribution in [3.05, 3.63) is 0 Å². The zero-order chi connectivity index (χ0) is 8.97. The maximum Gasteiger partial charge on any atom is 0.0471 e. The monoisotopic (exact) mass is 172 g/mol. The Morgan fingerprint density at radius 3 is 2.42 bits per heavy atom. The molecular formula is C9H20N2O. The van der Waals surface area contributed by atoms with Crippen LogP contribution in [-0.4, -0.2) is 48.8 Å². The Kier molecular flexibility index (Phi) is 3.98. The lowest BCUT2D eigenvalue weighted by Crippen LogP contribution is -2.49. The summed E-state index contributed by atoms with van der Waals surface area (Å²) in [7, 11) is 0. The lowest BCUT2D eigenvalue weighted by atomic mass is 10.0. The minimum Gasteiger partial charge on any atom is -0.396 e. The molecule has 2 atom stereocenters. The second-order valence-corrected chi connectivity index (χ2v) is 3.69. The van der Waals surface area contributed by atoms with Crippen LogP contribution < -0.4 is 5.32 Å². The van der Waals surface area contributed by atoms with Crippen LogP contribution in [0.1, 0.15) is 13.8 Å². The molecule has 0 aromatic heterocycles. The third-order valence-electron chi connectivity index (χ3n) is 2.84. The zero-order valence-corrected chi connectivity index (χ0v) is 8.08. The van der Waals surface area contributed by atoms with E-state index in [0.29, 0.717) is 18.6 Å². The predicted molar refractivity (Wildman–Crippen MR) is 50.2 cm³/mol. The fourth-order valence-corrected chi connectivity index (χ4v) is 1.60. The van der Waals surface area contributed by atoms with Gasteiger partial charge in [-0.2, -0.15) is 0 Å². The summed E-state index contributed by atoms with van der Waals surface area (Å²) in [6.07, 6.45) is 0. The number of nitrogens with one attached hydrogen (secondary N) is 1. The lowest BCUT2D eigenvalue weighted by Gasteiger charge is -2.35. The van der Waals surface area contributed by atoms with Gasteiger partial charge in [0.05, 0.1) is 0 Å². The molecule has 0 aromatic carbocycles. The van der Waals surface area contributed by atoms with E-state index in [0.717, 1.165) is 26.2 Å². The van der Waals surface area contributed by atoms with E-state index in [9.17, 15) is 0 Å². The van der Waals surface area contributed by atoms with Gasteiger partial charge in [0.1, 0.15) is 0 Å². The molecule has 1 saturated heterocycles. The number of piperazine rings is 1. The van der Waals surface area contributed by atoms with Crippen LogP contribution in [0.3, 0.4) is 0 Å². The van der Waals surface area contributed by atoms with Gasteiger partial charge in [-0.1, -0.05) is 6.92 Å². The van der Waals surface area contributed by atoms with Crippen LogP contribution in [0.15, 0.2) is 0 Å². The predicted octanol–water partition coefficient (Wildman–Crippen LogP) is -0.0915. The van der Waals surface area contributed by atoms with Gasteiger partial charge in [-0.05, 0) is 12.8 Å². The average Bonchev–Trinajstić information content (AvgIpc) is 2.17. The highest BCUT2D eigenvalue weighted by Gasteiger charge is 2.20. The van der Waals surface area contributed by atoms with Crippen LogP contribution >= 0.6 is 0 Å². The minimum atomic E-state index is 0.297. The minimum absolute atomic E-state index is 0.297. The number of hydrogen-bond donors (Lipinski definition) is 2. The molecule has 1 aliphatic rings. The number of aliphatic hydroxyl groups excluding tert-OH is 1. The normalized spacial score (nSPS) is 25.2. The molecule has 0 aromatic rings. The Morgan fingerprint density at radius 2 is 1.92 bits per heavy atom. The first-order valence-corrected chi connectivity index (χ1v) is 4.81. The maximum absolute atomic E-state index is 8.99. The number of hydrogen-bond acceptors (Lipinski definition) is 3. The van der Waals surface area contributed by atoms with Crippen molar-refractivity contribution in [2.45, 2.75) is 19.9 Å². The van der Waals surface area contributed by atoms with Gasteiger partial charge < -0.3 is 10.4 Å².